The number of aromatic nitrogens is 2. The Labute approximate surface area is 744 Å². The molecule has 4 bridgehead atoms. The Balaban J connectivity index is 0.000000234. The number of rotatable bonds is 28. The second-order valence-corrected chi connectivity index (χ2v) is 43.1. The van der Waals surface area contributed by atoms with Crippen molar-refractivity contribution in [2.45, 2.75) is 259 Å². The zero-order chi connectivity index (χ0) is 92.1. The first-order valence-corrected chi connectivity index (χ1v) is 46.7. The number of methoxy groups -OCH3 is 2. The number of para-hydroxylation sites is 2. The Bertz CT molecular complexity index is 5140. The molecule has 2 aliphatic heterocycles. The van der Waals surface area contributed by atoms with Crippen LogP contribution >= 0.6 is 33.4 Å². The molecule has 6 saturated carbocycles. The topological polar surface area (TPSA) is 428 Å². The lowest BCUT2D eigenvalue weighted by atomic mass is 9.43. The lowest BCUT2D eigenvalue weighted by molar-refractivity contribution is -0.199. The second-order valence-electron chi connectivity index (χ2n) is 37.6. The summed E-state index contributed by atoms with van der Waals surface area (Å²) in [5.41, 5.74) is 5.95. The number of carbonyl (C=O) groups is 8. The van der Waals surface area contributed by atoms with Gasteiger partial charge in [-0.2, -0.15) is 21.6 Å². The third kappa shape index (κ3) is 25.6. The van der Waals surface area contributed by atoms with E-state index in [0.717, 1.165) is 65.0 Å². The summed E-state index contributed by atoms with van der Waals surface area (Å²) in [4.78, 5) is 113. The van der Waals surface area contributed by atoms with Gasteiger partial charge in [0.05, 0.1) is 49.0 Å². The van der Waals surface area contributed by atoms with Crippen molar-refractivity contribution in [3.63, 3.8) is 0 Å². The average molecular weight is 1830 g/mol. The molecule has 125 heavy (non-hydrogen) atoms. The quantitative estimate of drug-likeness (QED) is 0.0115. The molecule has 0 spiro atoms. The lowest BCUT2D eigenvalue weighted by Crippen LogP contribution is -2.65. The summed E-state index contributed by atoms with van der Waals surface area (Å²) >= 11 is 2.10. The Morgan fingerprint density at radius 3 is 1.29 bits per heavy atom. The van der Waals surface area contributed by atoms with E-state index in [1.807, 2.05) is 80.1 Å². The predicted octanol–water partition coefficient (Wildman–Crippen LogP) is 15.7. The van der Waals surface area contributed by atoms with Gasteiger partial charge >= 0.3 is 70.0 Å². The SMILES string of the molecule is CC(C)(C)OC(=O)NS(=O)(=O)Cl.COc1c(C[C@H](CC(=O)C(N)c2csc(NC(=O)OCc3ccccc3)n2)B2OC3C[C@@H]4C[C@@H](C4(C)C)[C@]3(C)O2)cccc1C(=O)OC(C)(C)C.COc1c(C[C@H](CC(=O)C(NS(=O)(=O)NC(=O)OC(C)(C)C)c2csc(NC(=O)OCc3ccccc3)n2)B2OC3C[C@@H]4C[C@@H](C4(C)C)[C@]3(C)O2)cccc1C(=O)OC(C)(C)C. The molecule has 32 nitrogen and oxygen atoms in total. The van der Waals surface area contributed by atoms with Crippen LogP contribution in [0.5, 0.6) is 11.5 Å². The van der Waals surface area contributed by atoms with Crippen molar-refractivity contribution in [2.24, 2.45) is 40.2 Å². The van der Waals surface area contributed by atoms with Crippen LogP contribution in [0.3, 0.4) is 0 Å². The van der Waals surface area contributed by atoms with Gasteiger partial charge in [0.2, 0.25) is 0 Å². The van der Waals surface area contributed by atoms with Crippen LogP contribution in [0.1, 0.15) is 230 Å². The van der Waals surface area contributed by atoms with Gasteiger partial charge in [0, 0.05) is 45.9 Å². The number of anilines is 2. The van der Waals surface area contributed by atoms with Gasteiger partial charge < -0.3 is 62.2 Å². The van der Waals surface area contributed by atoms with Gasteiger partial charge in [0.1, 0.15) is 70.3 Å². The highest BCUT2D eigenvalue weighted by Crippen LogP contribution is 2.68. The second kappa shape index (κ2) is 39.0. The van der Waals surface area contributed by atoms with E-state index in [4.69, 9.17) is 68.2 Å². The number of hydrogen-bond acceptors (Lipinski definition) is 29. The molecule has 4 heterocycles. The molecule has 6 aromatic rings. The van der Waals surface area contributed by atoms with Gasteiger partial charge in [-0.05, 0) is 204 Å². The number of ketones is 2. The van der Waals surface area contributed by atoms with Crippen molar-refractivity contribution in [1.29, 1.82) is 0 Å². The van der Waals surface area contributed by atoms with E-state index in [-0.39, 0.29) is 94.5 Å². The molecule has 6 aliphatic carbocycles. The number of carbonyl (C=O) groups excluding carboxylic acids is 8. The van der Waals surface area contributed by atoms with Gasteiger partial charge in [-0.25, -0.2) is 48.2 Å². The smallest absolute Gasteiger partial charge is 0.461 e. The Morgan fingerprint density at radius 1 is 0.520 bits per heavy atom. The molecule has 4 amide bonds. The fourth-order valence-corrected chi connectivity index (χ4v) is 19.9. The molecule has 8 aliphatic rings. The highest BCUT2D eigenvalue weighted by molar-refractivity contribution is 8.12. The number of hydrogen-bond donors (Lipinski definition) is 6. The zero-order valence-corrected chi connectivity index (χ0v) is 78.2. The molecule has 12 atom stereocenters. The Kier molecular flexibility index (Phi) is 30.7. The van der Waals surface area contributed by atoms with Gasteiger partial charge in [-0.3, -0.25) is 20.2 Å². The van der Waals surface area contributed by atoms with Crippen molar-refractivity contribution in [3.05, 3.63) is 153 Å². The average Bonchev–Trinajstić information content (AvgIpc) is 1.59. The molecule has 14 rings (SSSR count). The van der Waals surface area contributed by atoms with Crippen LogP contribution in [0.25, 0.3) is 0 Å². The first kappa shape index (κ1) is 98.4. The summed E-state index contributed by atoms with van der Waals surface area (Å²) in [6.07, 6.45) is -0.308. The van der Waals surface area contributed by atoms with Crippen LogP contribution in [-0.2, 0) is 102 Å². The Hall–Kier alpha value is -8.82. The highest BCUT2D eigenvalue weighted by atomic mass is 35.7. The minimum Gasteiger partial charge on any atom is -0.496 e. The summed E-state index contributed by atoms with van der Waals surface area (Å²) in [5, 5.41) is 8.52. The van der Waals surface area contributed by atoms with Gasteiger partial charge in [0.15, 0.2) is 21.8 Å². The van der Waals surface area contributed by atoms with Crippen LogP contribution in [0.4, 0.5) is 29.4 Å². The standard InChI is InChI=1S/C43H57BN4O12S2.C38H48BN3O8S.C5H10ClNO4S/c1-40(2,3)57-36(50)29-18-14-17-26(35(29)55-10)19-28(44-59-33-21-27-20-32(42(27,7)8)43(33,9)60-44)22-31(49)34(47-62(53,54)48-39(52)58-41(4,5)6)30-24-61-37(45-30)46-38(51)56-23-25-15-12-11-13-16-25;1-36(2,3)48-33(44)26-15-11-14-23(32(26)46-7)16-25(39-49-30-18-24-17-29(37(24,4)5)38(30,6)50-39)19-28(43)31(40)27-21-51-34(41-27)42-35(45)47-20-22-12-9-8-10-13-22;1-5(2,3)11-4(8)7-12(6,9)10/h11-18,24,27-28,32-34,47H,19-23H2,1-10H3,(H,48,52)(H,45,46,51);8-15,21,24-25,29-31H,16-20,40H2,1-7H3,(H,41,42,45);1-3H3,(H,7,8)/t27-,28+,32-,33?,34?,43-;24-,25+,29-,30?,31?,38-;/m00./s1. The van der Waals surface area contributed by atoms with Crippen LogP contribution < -0.4 is 40.0 Å². The fourth-order valence-electron chi connectivity index (χ4n) is 17.1. The molecular weight excluding hydrogens is 1710 g/mol. The van der Waals surface area contributed by atoms with E-state index in [1.165, 1.54) is 24.3 Å². The molecule has 4 aromatic carbocycles. The molecule has 39 heteroatoms. The number of Topliss-reactive ketones (excluding diaryl/α,β-unsaturated/α-hetero) is 2. The predicted molar refractivity (Wildman–Crippen MR) is 471 cm³/mol. The number of thiazole rings is 2. The molecular formula is C86H115B2ClN8O24S4. The van der Waals surface area contributed by atoms with Crippen molar-refractivity contribution in [1.82, 2.24) is 24.1 Å². The minimum atomic E-state index is -4.77. The fraction of sp³-hybridized carbons (Fsp3) is 0.558. The number of amides is 4. The van der Waals surface area contributed by atoms with Crippen LogP contribution in [-0.4, -0.2) is 149 Å². The highest BCUT2D eigenvalue weighted by Gasteiger charge is 2.70. The van der Waals surface area contributed by atoms with Crippen molar-refractivity contribution in [3.8, 4) is 11.5 Å². The van der Waals surface area contributed by atoms with Crippen LogP contribution in [0.15, 0.2) is 108 Å². The maximum Gasteiger partial charge on any atom is 0.461 e. The van der Waals surface area contributed by atoms with Crippen LogP contribution in [0, 0.1) is 34.5 Å². The minimum absolute atomic E-state index is 0.0148. The number of nitrogens with zero attached hydrogens (tertiary/aromatic N) is 2. The van der Waals surface area contributed by atoms with E-state index >= 15 is 0 Å². The summed E-state index contributed by atoms with van der Waals surface area (Å²) in [6.45, 7) is 33.6. The Morgan fingerprint density at radius 2 is 0.904 bits per heavy atom. The number of esters is 2. The van der Waals surface area contributed by atoms with Gasteiger partial charge in [-0.15, -0.1) is 22.7 Å². The number of nitrogens with two attached hydrogens (primary N) is 1. The maximum atomic E-state index is 14.8. The number of benzene rings is 4. The number of ether oxygens (including phenoxy) is 8. The molecule has 4 unspecified atom stereocenters. The lowest BCUT2D eigenvalue weighted by Gasteiger charge is -2.64. The zero-order valence-electron chi connectivity index (χ0n) is 74.2. The summed E-state index contributed by atoms with van der Waals surface area (Å²) in [5.74, 6) is -1.07. The van der Waals surface area contributed by atoms with E-state index in [0.29, 0.717) is 46.7 Å². The van der Waals surface area contributed by atoms with Crippen molar-refractivity contribution >= 4 is 125 Å². The summed E-state index contributed by atoms with van der Waals surface area (Å²) in [6, 6.07) is 26.0. The van der Waals surface area contributed by atoms with Gasteiger partial charge in [0.25, 0.3) is 0 Å². The maximum absolute atomic E-state index is 14.8. The van der Waals surface area contributed by atoms with Crippen molar-refractivity contribution < 1.29 is 112 Å². The molecule has 680 valence electrons. The number of nitrogens with one attached hydrogen (secondary N) is 5. The largest absolute Gasteiger partial charge is 0.496 e. The molecule has 0 radical (unpaired) electrons. The first-order chi connectivity index (χ1) is 58.1. The molecule has 2 saturated heterocycles. The summed E-state index contributed by atoms with van der Waals surface area (Å²) < 4.78 is 124. The van der Waals surface area contributed by atoms with Gasteiger partial charge in [-0.1, -0.05) is 113 Å². The summed E-state index contributed by atoms with van der Waals surface area (Å²) in [7, 11) is -2.76. The van der Waals surface area contributed by atoms with E-state index in [2.05, 4.69) is 71.6 Å². The van der Waals surface area contributed by atoms with Crippen molar-refractivity contribution in [2.75, 3.05) is 24.9 Å². The van der Waals surface area contributed by atoms with Crippen LogP contribution in [0.2, 0.25) is 11.6 Å². The van der Waals surface area contributed by atoms with E-state index in [9.17, 15) is 55.2 Å². The molecule has 8 fully saturated rings. The molecule has 7 N–H and O–H groups in total. The third-order valence-electron chi connectivity index (χ3n) is 23.1. The van der Waals surface area contributed by atoms with E-state index in [1.54, 1.807) is 110 Å². The normalized spacial score (nSPS) is 22.4. The molecule has 2 aromatic heterocycles. The van der Waals surface area contributed by atoms with E-state index < -0.39 is 133 Å². The monoisotopic (exact) mass is 1830 g/mol. The first-order valence-electron chi connectivity index (χ1n) is 41.2. The number of halogens is 1. The third-order valence-corrected chi connectivity index (χ3v) is 26.3.